The Morgan fingerprint density at radius 3 is 2.30 bits per heavy atom. The molecule has 0 atom stereocenters. The van der Waals surface area contributed by atoms with Crippen LogP contribution in [0.15, 0.2) is 24.3 Å². The molecule has 1 saturated carbocycles. The van der Waals surface area contributed by atoms with Gasteiger partial charge < -0.3 is 5.32 Å². The number of nitrogens with two attached hydrogens (primary N) is 1. The number of amides is 1. The summed E-state index contributed by atoms with van der Waals surface area (Å²) in [6.07, 6.45) is 4.03. The molecule has 0 spiro atoms. The van der Waals surface area contributed by atoms with Crippen LogP contribution in [0.4, 0.5) is 5.69 Å². The van der Waals surface area contributed by atoms with Crippen LogP contribution < -0.4 is 10.5 Å². The second-order valence-electron chi connectivity index (χ2n) is 5.73. The molecule has 1 aromatic carbocycles. The van der Waals surface area contributed by atoms with E-state index >= 15 is 0 Å². The van der Waals surface area contributed by atoms with E-state index in [0.29, 0.717) is 11.3 Å². The minimum Gasteiger partial charge on any atom is -0.326 e. The van der Waals surface area contributed by atoms with Crippen LogP contribution in [0.5, 0.6) is 0 Å². The van der Waals surface area contributed by atoms with Crippen molar-refractivity contribution in [1.29, 1.82) is 0 Å². The molecule has 6 heteroatoms. The van der Waals surface area contributed by atoms with Gasteiger partial charge >= 0.3 is 0 Å². The molecule has 3 N–H and O–H groups in total. The van der Waals surface area contributed by atoms with Crippen LogP contribution in [0, 0.1) is 5.41 Å². The van der Waals surface area contributed by atoms with Gasteiger partial charge in [-0.3, -0.25) is 4.79 Å². The van der Waals surface area contributed by atoms with E-state index in [2.05, 4.69) is 5.32 Å². The first-order valence-electron chi connectivity index (χ1n) is 6.69. The lowest BCUT2D eigenvalue weighted by Gasteiger charge is -2.22. The van der Waals surface area contributed by atoms with Crippen LogP contribution in [-0.2, 0) is 20.6 Å². The monoisotopic (exact) mass is 296 g/mol. The van der Waals surface area contributed by atoms with Gasteiger partial charge in [-0.15, -0.1) is 0 Å². The molecule has 0 aromatic heterocycles. The highest BCUT2D eigenvalue weighted by Gasteiger charge is 2.36. The second kappa shape index (κ2) is 5.54. The molecule has 1 aliphatic carbocycles. The van der Waals surface area contributed by atoms with Crippen LogP contribution in [0.25, 0.3) is 0 Å². The number of rotatable bonds is 4. The fourth-order valence-electron chi connectivity index (χ4n) is 2.58. The van der Waals surface area contributed by atoms with E-state index in [1.807, 2.05) is 6.92 Å². The van der Waals surface area contributed by atoms with Gasteiger partial charge in [0.05, 0.1) is 5.75 Å². The first-order valence-corrected chi connectivity index (χ1v) is 8.41. The van der Waals surface area contributed by atoms with E-state index in [9.17, 15) is 13.2 Å². The third-order valence-electron chi connectivity index (χ3n) is 3.83. The van der Waals surface area contributed by atoms with Crippen molar-refractivity contribution in [3.05, 3.63) is 29.8 Å². The minimum atomic E-state index is -3.52. The summed E-state index contributed by atoms with van der Waals surface area (Å²) in [5.74, 6) is -0.159. The van der Waals surface area contributed by atoms with E-state index in [-0.39, 0.29) is 17.1 Å². The molecule has 2 rings (SSSR count). The Morgan fingerprint density at radius 2 is 1.80 bits per heavy atom. The molecule has 1 fully saturated rings. The number of primary sulfonamides is 1. The van der Waals surface area contributed by atoms with Crippen molar-refractivity contribution >= 4 is 21.6 Å². The molecule has 0 bridgehead atoms. The van der Waals surface area contributed by atoms with Crippen molar-refractivity contribution in [3.63, 3.8) is 0 Å². The molecule has 0 heterocycles. The van der Waals surface area contributed by atoms with Gasteiger partial charge in [-0.1, -0.05) is 31.9 Å². The maximum Gasteiger partial charge on any atom is 0.230 e. The van der Waals surface area contributed by atoms with Gasteiger partial charge in [-0.25, -0.2) is 13.6 Å². The SMILES string of the molecule is CC1(C(=O)Nc2ccc(CS(N)(=O)=O)cc2)CCCC1. The lowest BCUT2D eigenvalue weighted by Crippen LogP contribution is -2.30. The van der Waals surface area contributed by atoms with Crippen LogP contribution in [0.1, 0.15) is 38.2 Å². The molecule has 5 nitrogen and oxygen atoms in total. The van der Waals surface area contributed by atoms with Gasteiger partial charge in [-0.2, -0.15) is 0 Å². The molecule has 20 heavy (non-hydrogen) atoms. The smallest absolute Gasteiger partial charge is 0.230 e. The molecular formula is C14H20N2O3S. The molecular weight excluding hydrogens is 276 g/mol. The first kappa shape index (κ1) is 15.0. The van der Waals surface area contributed by atoms with E-state index < -0.39 is 10.0 Å². The highest BCUT2D eigenvalue weighted by Crippen LogP contribution is 2.38. The Bertz CT molecular complexity index is 587. The van der Waals surface area contributed by atoms with Crippen molar-refractivity contribution in [2.24, 2.45) is 10.6 Å². The Labute approximate surface area is 119 Å². The number of hydrogen-bond acceptors (Lipinski definition) is 3. The van der Waals surface area contributed by atoms with Gasteiger partial charge in [0.2, 0.25) is 15.9 Å². The van der Waals surface area contributed by atoms with Gasteiger partial charge in [0.15, 0.2) is 0 Å². The normalized spacial score (nSPS) is 17.9. The Balaban J connectivity index is 2.02. The lowest BCUT2D eigenvalue weighted by molar-refractivity contribution is -0.124. The summed E-state index contributed by atoms with van der Waals surface area (Å²) >= 11 is 0. The summed E-state index contributed by atoms with van der Waals surface area (Å²) in [6, 6.07) is 6.74. The standard InChI is InChI=1S/C14H20N2O3S/c1-14(8-2-3-9-14)13(17)16-12-6-4-11(5-7-12)10-20(15,18)19/h4-7H,2-3,8-10H2,1H3,(H,16,17)(H2,15,18,19). The molecule has 0 radical (unpaired) electrons. The first-order chi connectivity index (χ1) is 9.28. The average molecular weight is 296 g/mol. The van der Waals surface area contributed by atoms with E-state index in [1.54, 1.807) is 24.3 Å². The average Bonchev–Trinajstić information content (AvgIpc) is 2.78. The summed E-state index contributed by atoms with van der Waals surface area (Å²) in [5.41, 5.74) is 1.01. The Morgan fingerprint density at radius 1 is 1.25 bits per heavy atom. The fourth-order valence-corrected chi connectivity index (χ4v) is 3.24. The Kier molecular flexibility index (Phi) is 4.15. The molecule has 0 unspecified atom stereocenters. The number of carbonyl (C=O) groups is 1. The second-order valence-corrected chi connectivity index (χ2v) is 7.34. The van der Waals surface area contributed by atoms with Gasteiger partial charge in [-0.05, 0) is 30.5 Å². The summed E-state index contributed by atoms with van der Waals surface area (Å²) in [7, 11) is -3.52. The molecule has 0 saturated heterocycles. The van der Waals surface area contributed by atoms with E-state index in [4.69, 9.17) is 5.14 Å². The molecule has 1 aliphatic rings. The largest absolute Gasteiger partial charge is 0.326 e. The van der Waals surface area contributed by atoms with Crippen LogP contribution in [0.2, 0.25) is 0 Å². The summed E-state index contributed by atoms with van der Waals surface area (Å²) in [4.78, 5) is 12.2. The zero-order chi connectivity index (χ0) is 14.8. The molecule has 0 aliphatic heterocycles. The van der Waals surface area contributed by atoms with E-state index in [1.165, 1.54) is 0 Å². The molecule has 110 valence electrons. The predicted octanol–water partition coefficient (Wildman–Crippen LogP) is 1.99. The number of anilines is 1. The van der Waals surface area contributed by atoms with Gasteiger partial charge in [0.1, 0.15) is 0 Å². The van der Waals surface area contributed by atoms with Crippen LogP contribution >= 0.6 is 0 Å². The number of nitrogens with one attached hydrogen (secondary N) is 1. The molecule has 1 aromatic rings. The maximum absolute atomic E-state index is 12.2. The third-order valence-corrected chi connectivity index (χ3v) is 4.57. The van der Waals surface area contributed by atoms with Crippen LogP contribution in [-0.4, -0.2) is 14.3 Å². The summed E-state index contributed by atoms with van der Waals surface area (Å²) in [6.45, 7) is 1.99. The highest BCUT2D eigenvalue weighted by molar-refractivity contribution is 7.88. The van der Waals surface area contributed by atoms with Gasteiger partial charge in [0.25, 0.3) is 0 Å². The summed E-state index contributed by atoms with van der Waals surface area (Å²) < 4.78 is 22.0. The number of benzene rings is 1. The van der Waals surface area contributed by atoms with Crippen molar-refractivity contribution < 1.29 is 13.2 Å². The fraction of sp³-hybridized carbons (Fsp3) is 0.500. The number of hydrogen-bond donors (Lipinski definition) is 2. The topological polar surface area (TPSA) is 89.3 Å². The van der Waals surface area contributed by atoms with E-state index in [0.717, 1.165) is 25.7 Å². The third kappa shape index (κ3) is 3.80. The van der Waals surface area contributed by atoms with Crippen molar-refractivity contribution in [3.8, 4) is 0 Å². The lowest BCUT2D eigenvalue weighted by atomic mass is 9.88. The van der Waals surface area contributed by atoms with Gasteiger partial charge in [0, 0.05) is 11.1 Å². The predicted molar refractivity (Wildman–Crippen MR) is 78.5 cm³/mol. The zero-order valence-electron chi connectivity index (χ0n) is 11.6. The quantitative estimate of drug-likeness (QED) is 0.890. The van der Waals surface area contributed by atoms with Crippen molar-refractivity contribution in [2.45, 2.75) is 38.4 Å². The molecule has 1 amide bonds. The Hall–Kier alpha value is -1.40. The maximum atomic E-state index is 12.2. The highest BCUT2D eigenvalue weighted by atomic mass is 32.2. The minimum absolute atomic E-state index is 0.0363. The van der Waals surface area contributed by atoms with Crippen molar-refractivity contribution in [2.75, 3.05) is 5.32 Å². The summed E-state index contributed by atoms with van der Waals surface area (Å²) in [5, 5.41) is 7.88. The number of carbonyl (C=O) groups excluding carboxylic acids is 1. The van der Waals surface area contributed by atoms with Crippen molar-refractivity contribution in [1.82, 2.24) is 0 Å². The number of sulfonamides is 1. The van der Waals surface area contributed by atoms with Crippen LogP contribution in [0.3, 0.4) is 0 Å². The zero-order valence-corrected chi connectivity index (χ0v) is 12.4.